The van der Waals surface area contributed by atoms with Crippen LogP contribution in [0.4, 0.5) is 0 Å². The molecule has 0 spiro atoms. The second-order valence-corrected chi connectivity index (χ2v) is 6.68. The summed E-state index contributed by atoms with van der Waals surface area (Å²) in [6, 6.07) is 5.30. The van der Waals surface area contributed by atoms with Crippen LogP contribution in [0.15, 0.2) is 35.5 Å². The zero-order valence-electron chi connectivity index (χ0n) is 14.2. The van der Waals surface area contributed by atoms with Gasteiger partial charge in [-0.1, -0.05) is 12.2 Å². The number of ether oxygens (including phenoxy) is 2. The van der Waals surface area contributed by atoms with E-state index in [0.29, 0.717) is 17.1 Å². The number of hydrogen-bond acceptors (Lipinski definition) is 5. The summed E-state index contributed by atoms with van der Waals surface area (Å²) in [5, 5.41) is 5.25. The van der Waals surface area contributed by atoms with Gasteiger partial charge in [0, 0.05) is 11.6 Å². The normalized spacial score (nSPS) is 30.2. The molecule has 5 rings (SSSR count). The molecule has 6 nitrogen and oxygen atoms in total. The van der Waals surface area contributed by atoms with Crippen molar-refractivity contribution in [3.05, 3.63) is 35.9 Å². The highest BCUT2D eigenvalue weighted by atomic mass is 16.5. The summed E-state index contributed by atoms with van der Waals surface area (Å²) in [5.41, 5.74) is 0.680. The van der Waals surface area contributed by atoms with Gasteiger partial charge in [0.2, 0.25) is 0 Å². The maximum atomic E-state index is 12.7. The summed E-state index contributed by atoms with van der Waals surface area (Å²) in [7, 11) is 3.13. The maximum Gasteiger partial charge on any atom is 0.254 e. The summed E-state index contributed by atoms with van der Waals surface area (Å²) in [6.45, 7) is 0. The highest BCUT2D eigenvalue weighted by Crippen LogP contribution is 2.49. The minimum absolute atomic E-state index is 0.169. The molecule has 0 N–H and O–H groups in total. The van der Waals surface area contributed by atoms with E-state index in [2.05, 4.69) is 17.3 Å². The Morgan fingerprint density at radius 3 is 2.20 bits per heavy atom. The van der Waals surface area contributed by atoms with E-state index >= 15 is 0 Å². The van der Waals surface area contributed by atoms with Crippen LogP contribution in [0.2, 0.25) is 0 Å². The van der Waals surface area contributed by atoms with E-state index in [9.17, 15) is 9.59 Å². The Balaban J connectivity index is 1.60. The first-order valence-corrected chi connectivity index (χ1v) is 8.46. The first kappa shape index (κ1) is 15.9. The van der Waals surface area contributed by atoms with E-state index in [1.165, 1.54) is 6.21 Å². The van der Waals surface area contributed by atoms with Crippen molar-refractivity contribution < 1.29 is 19.1 Å². The van der Waals surface area contributed by atoms with Crippen molar-refractivity contribution in [2.75, 3.05) is 14.2 Å². The van der Waals surface area contributed by atoms with Gasteiger partial charge in [0.25, 0.3) is 11.8 Å². The van der Waals surface area contributed by atoms with Crippen molar-refractivity contribution >= 4 is 18.0 Å². The monoisotopic (exact) mass is 340 g/mol. The Bertz CT molecular complexity index is 754. The van der Waals surface area contributed by atoms with Crippen molar-refractivity contribution in [1.29, 1.82) is 0 Å². The summed E-state index contributed by atoms with van der Waals surface area (Å²) >= 11 is 0. The Hall–Kier alpha value is -2.63. The standard InChI is InChI=1S/C19H20N2O4/c1-24-14-8-7-13(15(9-14)25-2)10-20-21-18(22)16-11-3-4-12(6-5-11)17(16)19(21)23/h3-4,7-12,16-17H,5-6H2,1-2H3/b20-10-/t11-,12-,16+,17+/m1/s1. The van der Waals surface area contributed by atoms with E-state index in [4.69, 9.17) is 9.47 Å². The molecule has 2 fully saturated rings. The number of imide groups is 1. The predicted octanol–water partition coefficient (Wildman–Crippen LogP) is 2.23. The number of nitrogens with zero attached hydrogens (tertiary/aromatic N) is 2. The Morgan fingerprint density at radius 2 is 1.68 bits per heavy atom. The summed E-state index contributed by atoms with van der Waals surface area (Å²) in [5.74, 6) is 0.717. The average Bonchev–Trinajstić information content (AvgIpc) is 2.93. The van der Waals surface area contributed by atoms with Crippen LogP contribution >= 0.6 is 0 Å². The van der Waals surface area contributed by atoms with Crippen molar-refractivity contribution in [3.63, 3.8) is 0 Å². The Kier molecular flexibility index (Phi) is 3.82. The van der Waals surface area contributed by atoms with Gasteiger partial charge in [-0.05, 0) is 36.8 Å². The zero-order chi connectivity index (χ0) is 17.6. The van der Waals surface area contributed by atoms with Crippen LogP contribution < -0.4 is 9.47 Å². The maximum absolute atomic E-state index is 12.7. The van der Waals surface area contributed by atoms with Crippen LogP contribution in [0.5, 0.6) is 11.5 Å². The topological polar surface area (TPSA) is 68.2 Å². The molecular formula is C19H20N2O4. The van der Waals surface area contributed by atoms with Gasteiger partial charge in [0.1, 0.15) is 11.5 Å². The predicted molar refractivity (Wildman–Crippen MR) is 91.3 cm³/mol. The van der Waals surface area contributed by atoms with Gasteiger partial charge >= 0.3 is 0 Å². The fourth-order valence-electron chi connectivity index (χ4n) is 4.22. The molecule has 0 unspecified atom stereocenters. The van der Waals surface area contributed by atoms with Gasteiger partial charge in [-0.2, -0.15) is 10.1 Å². The number of carbonyl (C=O) groups is 2. The summed E-state index contributed by atoms with van der Waals surface area (Å²) < 4.78 is 10.5. The first-order chi connectivity index (χ1) is 12.1. The van der Waals surface area contributed by atoms with Gasteiger partial charge in [-0.3, -0.25) is 9.59 Å². The molecule has 2 bridgehead atoms. The van der Waals surface area contributed by atoms with Crippen molar-refractivity contribution in [2.24, 2.45) is 28.8 Å². The second-order valence-electron chi connectivity index (χ2n) is 6.68. The highest BCUT2D eigenvalue weighted by molar-refractivity contribution is 6.06. The van der Waals surface area contributed by atoms with Gasteiger partial charge in [0.05, 0.1) is 32.3 Å². The molecule has 1 aromatic carbocycles. The number of hydrogen-bond donors (Lipinski definition) is 0. The molecule has 1 heterocycles. The van der Waals surface area contributed by atoms with Crippen LogP contribution in [0.3, 0.4) is 0 Å². The third kappa shape index (κ3) is 2.44. The quantitative estimate of drug-likeness (QED) is 0.479. The van der Waals surface area contributed by atoms with E-state index in [1.54, 1.807) is 32.4 Å². The van der Waals surface area contributed by atoms with Crippen molar-refractivity contribution in [1.82, 2.24) is 5.01 Å². The molecular weight excluding hydrogens is 320 g/mol. The van der Waals surface area contributed by atoms with Crippen LogP contribution in [-0.2, 0) is 9.59 Å². The molecule has 130 valence electrons. The van der Waals surface area contributed by atoms with E-state index in [1.807, 2.05) is 0 Å². The molecule has 6 heteroatoms. The Morgan fingerprint density at radius 1 is 1.04 bits per heavy atom. The van der Waals surface area contributed by atoms with Gasteiger partial charge in [-0.15, -0.1) is 0 Å². The molecule has 4 atom stereocenters. The number of carbonyl (C=O) groups excluding carboxylic acids is 2. The van der Waals surface area contributed by atoms with Gasteiger partial charge in [-0.25, -0.2) is 0 Å². The third-order valence-corrected chi connectivity index (χ3v) is 5.49. The largest absolute Gasteiger partial charge is 0.497 e. The fourth-order valence-corrected chi connectivity index (χ4v) is 4.22. The molecule has 3 aliphatic carbocycles. The number of fused-ring (bicyclic) bond motifs is 1. The smallest absolute Gasteiger partial charge is 0.254 e. The number of amides is 2. The zero-order valence-corrected chi connectivity index (χ0v) is 14.2. The molecule has 1 aliphatic heterocycles. The van der Waals surface area contributed by atoms with Crippen molar-refractivity contribution in [3.8, 4) is 11.5 Å². The minimum atomic E-state index is -0.244. The lowest BCUT2D eigenvalue weighted by molar-refractivity contribution is -0.140. The number of hydrazone groups is 1. The summed E-state index contributed by atoms with van der Waals surface area (Å²) in [4.78, 5) is 25.4. The fraction of sp³-hybridized carbons (Fsp3) is 0.421. The molecule has 0 aromatic heterocycles. The van der Waals surface area contributed by atoms with E-state index in [-0.39, 0.29) is 35.5 Å². The van der Waals surface area contributed by atoms with E-state index in [0.717, 1.165) is 17.9 Å². The van der Waals surface area contributed by atoms with Gasteiger partial charge in [0.15, 0.2) is 0 Å². The molecule has 25 heavy (non-hydrogen) atoms. The number of allylic oxidation sites excluding steroid dienone is 2. The number of benzene rings is 1. The average molecular weight is 340 g/mol. The van der Waals surface area contributed by atoms with Gasteiger partial charge < -0.3 is 9.47 Å². The molecule has 1 saturated carbocycles. The molecule has 4 aliphatic rings. The lowest BCUT2D eigenvalue weighted by Crippen LogP contribution is -2.38. The second kappa shape index (κ2) is 6.02. The third-order valence-electron chi connectivity index (χ3n) is 5.49. The minimum Gasteiger partial charge on any atom is -0.497 e. The summed E-state index contributed by atoms with van der Waals surface area (Å²) in [6.07, 6.45) is 7.65. The van der Waals surface area contributed by atoms with Crippen LogP contribution in [0.25, 0.3) is 0 Å². The number of rotatable bonds is 4. The van der Waals surface area contributed by atoms with E-state index < -0.39 is 0 Å². The lowest BCUT2D eigenvalue weighted by atomic mass is 9.63. The molecule has 1 aromatic rings. The van der Waals surface area contributed by atoms with Crippen molar-refractivity contribution in [2.45, 2.75) is 12.8 Å². The molecule has 2 amide bonds. The number of methoxy groups -OCH3 is 2. The lowest BCUT2D eigenvalue weighted by Gasteiger charge is -2.37. The Labute approximate surface area is 146 Å². The highest BCUT2D eigenvalue weighted by Gasteiger charge is 2.56. The van der Waals surface area contributed by atoms with Crippen LogP contribution in [0, 0.1) is 23.7 Å². The van der Waals surface area contributed by atoms with Crippen LogP contribution in [-0.4, -0.2) is 37.3 Å². The molecule has 1 saturated heterocycles. The van der Waals surface area contributed by atoms with Crippen LogP contribution in [0.1, 0.15) is 18.4 Å². The molecule has 0 radical (unpaired) electrons. The first-order valence-electron chi connectivity index (χ1n) is 8.46. The SMILES string of the molecule is COc1ccc(/C=N\N2C(=O)[C@@H]3[C@@H](C2=O)[C@@H]2C=C[C@@H]3CC2)c(OC)c1.